The van der Waals surface area contributed by atoms with Gasteiger partial charge in [-0.2, -0.15) is 0 Å². The second-order valence-corrected chi connectivity index (χ2v) is 7.95. The highest BCUT2D eigenvalue weighted by Crippen LogP contribution is 2.40. The van der Waals surface area contributed by atoms with Crippen LogP contribution in [0.5, 0.6) is 0 Å². The highest BCUT2D eigenvalue weighted by molar-refractivity contribution is 4.94. The van der Waals surface area contributed by atoms with Crippen LogP contribution in [0.4, 0.5) is 8.78 Å². The zero-order chi connectivity index (χ0) is 19.8. The summed E-state index contributed by atoms with van der Waals surface area (Å²) in [4.78, 5) is 0. The molecule has 0 aromatic heterocycles. The Morgan fingerprint density at radius 1 is 0.800 bits per heavy atom. The van der Waals surface area contributed by atoms with Crippen LogP contribution in [0.15, 0.2) is 0 Å². The molecule has 0 aliphatic carbocycles. The molecule has 0 bridgehead atoms. The Morgan fingerprint density at radius 3 is 1.80 bits per heavy atom. The lowest BCUT2D eigenvalue weighted by Gasteiger charge is -2.45. The Labute approximate surface area is 153 Å². The van der Waals surface area contributed by atoms with Crippen molar-refractivity contribution < 1.29 is 23.0 Å². The van der Waals surface area contributed by atoms with Crippen LogP contribution in [-0.4, -0.2) is 43.6 Å². The molecule has 3 nitrogen and oxygen atoms in total. The van der Waals surface area contributed by atoms with E-state index in [1.807, 2.05) is 41.5 Å². The summed E-state index contributed by atoms with van der Waals surface area (Å²) < 4.78 is 45.7. The highest BCUT2D eigenvalue weighted by Gasteiger charge is 2.46. The van der Waals surface area contributed by atoms with Gasteiger partial charge in [-0.1, -0.05) is 27.7 Å². The standard InChI is InChI=1S/C20H40F2O3/c1-9-17(5,6)25-16-18(7,15-21)19(8,10-2)24-14-13-20(22,11-3)23-12-4/h9-16H2,1-8H3. The van der Waals surface area contributed by atoms with Crippen LogP contribution in [0.2, 0.25) is 0 Å². The highest BCUT2D eigenvalue weighted by atomic mass is 19.2. The minimum Gasteiger partial charge on any atom is -0.375 e. The molecule has 0 aliphatic rings. The van der Waals surface area contributed by atoms with Crippen molar-refractivity contribution in [3.05, 3.63) is 0 Å². The maximum atomic E-state index is 14.5. The lowest BCUT2D eigenvalue weighted by Crippen LogP contribution is -2.52. The SMILES string of the molecule is CCOC(F)(CC)CCOC(C)(CC)C(C)(CF)COC(C)(C)CC. The summed E-state index contributed by atoms with van der Waals surface area (Å²) in [6.45, 7) is 15.5. The van der Waals surface area contributed by atoms with Crippen LogP contribution >= 0.6 is 0 Å². The first kappa shape index (κ1) is 24.7. The van der Waals surface area contributed by atoms with E-state index in [1.54, 1.807) is 13.8 Å². The lowest BCUT2D eigenvalue weighted by molar-refractivity contribution is -0.196. The zero-order valence-electron chi connectivity index (χ0n) is 17.6. The molecule has 0 N–H and O–H groups in total. The molecule has 25 heavy (non-hydrogen) atoms. The van der Waals surface area contributed by atoms with Gasteiger partial charge < -0.3 is 14.2 Å². The topological polar surface area (TPSA) is 27.7 Å². The van der Waals surface area contributed by atoms with Crippen molar-refractivity contribution in [2.24, 2.45) is 5.41 Å². The minimum absolute atomic E-state index is 0.136. The molecule has 3 unspecified atom stereocenters. The van der Waals surface area contributed by atoms with Gasteiger partial charge in [0.2, 0.25) is 5.85 Å². The molecule has 0 saturated carbocycles. The van der Waals surface area contributed by atoms with Gasteiger partial charge in [-0.15, -0.1) is 0 Å². The van der Waals surface area contributed by atoms with Crippen molar-refractivity contribution in [3.8, 4) is 0 Å². The second-order valence-electron chi connectivity index (χ2n) is 7.95. The summed E-state index contributed by atoms with van der Waals surface area (Å²) in [6.07, 6.45) is 1.86. The van der Waals surface area contributed by atoms with Gasteiger partial charge in [0.25, 0.3) is 0 Å². The molecular formula is C20H40F2O3. The molecule has 0 radical (unpaired) electrons. The van der Waals surface area contributed by atoms with Gasteiger partial charge in [-0.3, -0.25) is 4.39 Å². The van der Waals surface area contributed by atoms with Crippen molar-refractivity contribution in [1.29, 1.82) is 0 Å². The van der Waals surface area contributed by atoms with E-state index in [2.05, 4.69) is 0 Å². The summed E-state index contributed by atoms with van der Waals surface area (Å²) >= 11 is 0. The van der Waals surface area contributed by atoms with E-state index in [4.69, 9.17) is 14.2 Å². The number of ether oxygens (including phenoxy) is 3. The molecule has 0 aromatic rings. The number of hydrogen-bond acceptors (Lipinski definition) is 3. The van der Waals surface area contributed by atoms with E-state index in [1.165, 1.54) is 0 Å². The first-order chi connectivity index (χ1) is 11.5. The van der Waals surface area contributed by atoms with Crippen LogP contribution < -0.4 is 0 Å². The average Bonchev–Trinajstić information content (AvgIpc) is 2.59. The van der Waals surface area contributed by atoms with Gasteiger partial charge in [-0.25, -0.2) is 4.39 Å². The van der Waals surface area contributed by atoms with Crippen LogP contribution in [0.25, 0.3) is 0 Å². The molecule has 0 spiro atoms. The number of halogens is 2. The summed E-state index contributed by atoms with van der Waals surface area (Å²) in [5.41, 5.74) is -1.85. The van der Waals surface area contributed by atoms with E-state index < -0.39 is 23.5 Å². The van der Waals surface area contributed by atoms with Crippen LogP contribution in [0.3, 0.4) is 0 Å². The van der Waals surface area contributed by atoms with Gasteiger partial charge in [-0.05, 0) is 40.5 Å². The maximum Gasteiger partial charge on any atom is 0.211 e. The summed E-state index contributed by atoms with van der Waals surface area (Å²) in [7, 11) is 0. The maximum absolute atomic E-state index is 14.5. The number of hydrogen-bond donors (Lipinski definition) is 0. The lowest BCUT2D eigenvalue weighted by atomic mass is 9.74. The molecule has 0 rings (SSSR count). The molecule has 5 heteroatoms. The van der Waals surface area contributed by atoms with E-state index in [-0.39, 0.29) is 31.7 Å². The van der Waals surface area contributed by atoms with Gasteiger partial charge in [0.15, 0.2) is 0 Å². The molecule has 0 aromatic carbocycles. The van der Waals surface area contributed by atoms with Gasteiger partial charge in [0.05, 0.1) is 31.1 Å². The third-order valence-electron chi connectivity index (χ3n) is 5.71. The largest absolute Gasteiger partial charge is 0.375 e. The Balaban J connectivity index is 5.01. The van der Waals surface area contributed by atoms with Crippen LogP contribution in [0, 0.1) is 5.41 Å². The molecule has 152 valence electrons. The van der Waals surface area contributed by atoms with Crippen molar-refractivity contribution in [2.75, 3.05) is 26.5 Å². The molecular weight excluding hydrogens is 326 g/mol. The van der Waals surface area contributed by atoms with Crippen molar-refractivity contribution in [3.63, 3.8) is 0 Å². The van der Waals surface area contributed by atoms with Gasteiger partial charge in [0, 0.05) is 24.9 Å². The smallest absolute Gasteiger partial charge is 0.211 e. The second kappa shape index (κ2) is 10.2. The minimum atomic E-state index is -1.68. The number of alkyl halides is 2. The van der Waals surface area contributed by atoms with Crippen molar-refractivity contribution in [1.82, 2.24) is 0 Å². The average molecular weight is 367 g/mol. The number of rotatable bonds is 14. The van der Waals surface area contributed by atoms with Crippen molar-refractivity contribution >= 4 is 0 Å². The molecule has 0 heterocycles. The first-order valence-corrected chi connectivity index (χ1v) is 9.63. The fourth-order valence-electron chi connectivity index (χ4n) is 2.53. The molecule has 0 fully saturated rings. The van der Waals surface area contributed by atoms with E-state index >= 15 is 0 Å². The third kappa shape index (κ3) is 7.10. The molecule has 0 saturated heterocycles. The van der Waals surface area contributed by atoms with Gasteiger partial charge >= 0.3 is 0 Å². The van der Waals surface area contributed by atoms with Crippen LogP contribution in [0.1, 0.15) is 81.1 Å². The van der Waals surface area contributed by atoms with E-state index in [0.29, 0.717) is 13.0 Å². The van der Waals surface area contributed by atoms with E-state index in [9.17, 15) is 8.78 Å². The molecule has 0 amide bonds. The Morgan fingerprint density at radius 2 is 1.40 bits per heavy atom. The summed E-state index contributed by atoms with van der Waals surface area (Å²) in [5, 5.41) is 0. The predicted octanol–water partition coefficient (Wildman–Crippen LogP) is 5.86. The summed E-state index contributed by atoms with van der Waals surface area (Å²) in [6, 6.07) is 0. The predicted molar refractivity (Wildman–Crippen MR) is 99.4 cm³/mol. The van der Waals surface area contributed by atoms with Crippen LogP contribution in [-0.2, 0) is 14.2 Å². The monoisotopic (exact) mass is 366 g/mol. The van der Waals surface area contributed by atoms with Crippen molar-refractivity contribution in [2.45, 2.75) is 98.1 Å². The Kier molecular flexibility index (Phi) is 10.1. The summed E-state index contributed by atoms with van der Waals surface area (Å²) in [5.74, 6) is -1.68. The normalized spacial score (nSPS) is 19.9. The van der Waals surface area contributed by atoms with E-state index in [0.717, 1.165) is 6.42 Å². The Hall–Kier alpha value is -0.260. The first-order valence-electron chi connectivity index (χ1n) is 9.63. The fourth-order valence-corrected chi connectivity index (χ4v) is 2.53. The van der Waals surface area contributed by atoms with Gasteiger partial charge in [0.1, 0.15) is 0 Å². The fraction of sp³-hybridized carbons (Fsp3) is 1.00. The molecule has 3 atom stereocenters. The Bertz CT molecular complexity index is 378. The quantitative estimate of drug-likeness (QED) is 0.386. The zero-order valence-corrected chi connectivity index (χ0v) is 17.6. The molecule has 0 aliphatic heterocycles. The third-order valence-corrected chi connectivity index (χ3v) is 5.71.